The van der Waals surface area contributed by atoms with Crippen molar-refractivity contribution >= 4 is 32.7 Å². The molecule has 3 heterocycles. The van der Waals surface area contributed by atoms with E-state index in [4.69, 9.17) is 14.8 Å². The molecule has 1 saturated heterocycles. The van der Waals surface area contributed by atoms with Crippen LogP contribution in [0.2, 0.25) is 0 Å². The lowest BCUT2D eigenvalue weighted by Crippen LogP contribution is -2.28. The van der Waals surface area contributed by atoms with Crippen molar-refractivity contribution in [2.75, 3.05) is 31.6 Å². The van der Waals surface area contributed by atoms with Crippen LogP contribution in [0.1, 0.15) is 12.2 Å². The number of likely N-dealkylation sites (tertiary alicyclic amines) is 1. The van der Waals surface area contributed by atoms with E-state index in [9.17, 15) is 0 Å². The third kappa shape index (κ3) is 2.88. The van der Waals surface area contributed by atoms with Gasteiger partial charge in [0.25, 0.3) is 0 Å². The number of anilines is 1. The number of pyridine rings is 1. The first-order valence-corrected chi connectivity index (χ1v) is 7.58. The van der Waals surface area contributed by atoms with Crippen LogP contribution in [0.25, 0.3) is 11.0 Å². The molecule has 6 nitrogen and oxygen atoms in total. The zero-order valence-corrected chi connectivity index (χ0v) is 12.9. The second kappa shape index (κ2) is 6.02. The van der Waals surface area contributed by atoms with Crippen molar-refractivity contribution in [3.8, 4) is 6.07 Å². The molecular weight excluding hydrogens is 336 g/mol. The largest absolute Gasteiger partial charge is 0.444 e. The molecule has 1 aliphatic heterocycles. The first-order valence-electron chi connectivity index (χ1n) is 6.79. The van der Waals surface area contributed by atoms with Crippen LogP contribution in [0.5, 0.6) is 0 Å². The second-order valence-corrected chi connectivity index (χ2v) is 5.87. The summed E-state index contributed by atoms with van der Waals surface area (Å²) < 4.78 is 6.17. The molecule has 1 unspecified atom stereocenters. The summed E-state index contributed by atoms with van der Waals surface area (Å²) in [7, 11) is 0. The maximum Gasteiger partial charge on any atom is 0.204 e. The summed E-state index contributed by atoms with van der Waals surface area (Å²) in [6.45, 7) is 2.76. The molecule has 0 aliphatic carbocycles. The van der Waals surface area contributed by atoms with E-state index in [0.717, 1.165) is 35.2 Å². The molecule has 0 saturated carbocycles. The second-order valence-electron chi connectivity index (χ2n) is 5.08. The fraction of sp³-hybridized carbons (Fsp3) is 0.429. The quantitative estimate of drug-likeness (QED) is 0.876. The molecule has 0 bridgehead atoms. The van der Waals surface area contributed by atoms with E-state index in [2.05, 4.69) is 31.1 Å². The SMILES string of the molecule is N#Cc1cc2c(Br)c(NC3CCN(CCO)C3)ncc2o1. The molecule has 2 aromatic heterocycles. The highest BCUT2D eigenvalue weighted by molar-refractivity contribution is 9.10. The van der Waals surface area contributed by atoms with Crippen molar-refractivity contribution in [3.63, 3.8) is 0 Å². The van der Waals surface area contributed by atoms with Crippen LogP contribution in [-0.2, 0) is 0 Å². The molecule has 3 rings (SSSR count). The molecule has 1 fully saturated rings. The molecular formula is C14H15BrN4O2. The summed E-state index contributed by atoms with van der Waals surface area (Å²) in [5.41, 5.74) is 0.595. The summed E-state index contributed by atoms with van der Waals surface area (Å²) in [5, 5.41) is 22.1. The number of aliphatic hydroxyl groups excluding tert-OH is 1. The number of fused-ring (bicyclic) bond motifs is 1. The Morgan fingerprint density at radius 2 is 2.48 bits per heavy atom. The summed E-state index contributed by atoms with van der Waals surface area (Å²) in [5.74, 6) is 1.03. The normalized spacial score (nSPS) is 19.0. The number of aliphatic hydroxyl groups is 1. The highest BCUT2D eigenvalue weighted by Gasteiger charge is 2.23. The molecule has 1 aliphatic rings. The van der Waals surface area contributed by atoms with E-state index in [1.54, 1.807) is 12.3 Å². The van der Waals surface area contributed by atoms with E-state index in [-0.39, 0.29) is 12.4 Å². The zero-order chi connectivity index (χ0) is 14.8. The van der Waals surface area contributed by atoms with Gasteiger partial charge in [-0.15, -0.1) is 0 Å². The van der Waals surface area contributed by atoms with Gasteiger partial charge in [0.1, 0.15) is 11.9 Å². The molecule has 7 heteroatoms. The molecule has 1 atom stereocenters. The fourth-order valence-electron chi connectivity index (χ4n) is 2.62. The van der Waals surface area contributed by atoms with Gasteiger partial charge >= 0.3 is 0 Å². The Labute approximate surface area is 130 Å². The molecule has 2 aromatic rings. The molecule has 2 N–H and O–H groups in total. The minimum Gasteiger partial charge on any atom is -0.444 e. The van der Waals surface area contributed by atoms with Gasteiger partial charge in [-0.25, -0.2) is 4.98 Å². The van der Waals surface area contributed by atoms with Crippen molar-refractivity contribution < 1.29 is 9.52 Å². The average molecular weight is 351 g/mol. The Morgan fingerprint density at radius 1 is 1.62 bits per heavy atom. The van der Waals surface area contributed by atoms with Gasteiger partial charge in [0.05, 0.1) is 17.3 Å². The van der Waals surface area contributed by atoms with Gasteiger partial charge in [-0.05, 0) is 22.4 Å². The number of furan rings is 1. The summed E-state index contributed by atoms with van der Waals surface area (Å²) >= 11 is 3.53. The maximum absolute atomic E-state index is 8.97. The van der Waals surface area contributed by atoms with Gasteiger partial charge < -0.3 is 14.8 Å². The van der Waals surface area contributed by atoms with Gasteiger partial charge in [0.2, 0.25) is 5.76 Å². The van der Waals surface area contributed by atoms with E-state index in [1.165, 1.54) is 0 Å². The predicted molar refractivity (Wildman–Crippen MR) is 82.0 cm³/mol. The number of hydrogen-bond donors (Lipinski definition) is 2. The Morgan fingerprint density at radius 3 is 3.24 bits per heavy atom. The Balaban J connectivity index is 1.79. The number of β-amino-alcohol motifs (C(OH)–C–C–N with tert-alkyl or cyclic N) is 1. The van der Waals surface area contributed by atoms with E-state index < -0.39 is 0 Å². The number of nitrogens with one attached hydrogen (secondary N) is 1. The summed E-state index contributed by atoms with van der Waals surface area (Å²) in [6, 6.07) is 4.00. The van der Waals surface area contributed by atoms with Crippen molar-refractivity contribution in [2.24, 2.45) is 0 Å². The highest BCUT2D eigenvalue weighted by atomic mass is 79.9. The molecule has 21 heavy (non-hydrogen) atoms. The highest BCUT2D eigenvalue weighted by Crippen LogP contribution is 2.32. The number of nitrogens with zero attached hydrogens (tertiary/aromatic N) is 3. The summed E-state index contributed by atoms with van der Waals surface area (Å²) in [4.78, 5) is 6.58. The van der Waals surface area contributed by atoms with Crippen LogP contribution in [0.4, 0.5) is 5.82 Å². The number of aromatic nitrogens is 1. The van der Waals surface area contributed by atoms with Crippen molar-refractivity contribution in [1.29, 1.82) is 5.26 Å². The van der Waals surface area contributed by atoms with Crippen LogP contribution < -0.4 is 5.32 Å². The number of rotatable bonds is 4. The molecule has 0 amide bonds. The Kier molecular flexibility index (Phi) is 4.10. The fourth-order valence-corrected chi connectivity index (χ4v) is 3.15. The monoisotopic (exact) mass is 350 g/mol. The lowest BCUT2D eigenvalue weighted by atomic mass is 10.2. The molecule has 0 aromatic carbocycles. The first-order chi connectivity index (χ1) is 10.2. The molecule has 0 radical (unpaired) electrons. The third-order valence-corrected chi connectivity index (χ3v) is 4.46. The number of hydrogen-bond acceptors (Lipinski definition) is 6. The zero-order valence-electron chi connectivity index (χ0n) is 11.3. The van der Waals surface area contributed by atoms with Gasteiger partial charge in [-0.2, -0.15) is 5.26 Å². The first kappa shape index (κ1) is 14.3. The predicted octanol–water partition coefficient (Wildman–Crippen LogP) is 1.94. The smallest absolute Gasteiger partial charge is 0.204 e. The van der Waals surface area contributed by atoms with Gasteiger partial charge in [0.15, 0.2) is 5.58 Å². The van der Waals surface area contributed by atoms with Crippen LogP contribution in [0.15, 0.2) is 21.2 Å². The van der Waals surface area contributed by atoms with Gasteiger partial charge in [-0.3, -0.25) is 4.90 Å². The molecule has 110 valence electrons. The van der Waals surface area contributed by atoms with E-state index >= 15 is 0 Å². The van der Waals surface area contributed by atoms with Crippen molar-refractivity contribution in [2.45, 2.75) is 12.5 Å². The lowest BCUT2D eigenvalue weighted by Gasteiger charge is -2.16. The van der Waals surface area contributed by atoms with Crippen LogP contribution >= 0.6 is 15.9 Å². The minimum absolute atomic E-state index is 0.187. The van der Waals surface area contributed by atoms with Crippen LogP contribution in [0.3, 0.4) is 0 Å². The van der Waals surface area contributed by atoms with Gasteiger partial charge in [-0.1, -0.05) is 0 Å². The van der Waals surface area contributed by atoms with Crippen LogP contribution in [-0.4, -0.2) is 47.3 Å². The maximum atomic E-state index is 8.97. The van der Waals surface area contributed by atoms with Crippen molar-refractivity contribution in [1.82, 2.24) is 9.88 Å². The van der Waals surface area contributed by atoms with E-state index in [0.29, 0.717) is 18.2 Å². The topological polar surface area (TPSA) is 85.3 Å². The lowest BCUT2D eigenvalue weighted by molar-refractivity contribution is 0.221. The average Bonchev–Trinajstić information content (AvgIpc) is 3.09. The Bertz CT molecular complexity index is 694. The Hall–Kier alpha value is -1.62. The molecule has 0 spiro atoms. The summed E-state index contributed by atoms with van der Waals surface area (Å²) in [6.07, 6.45) is 2.64. The number of halogens is 1. The standard InChI is InChI=1S/C14H15BrN4O2/c15-13-11-5-10(6-16)21-12(11)7-17-14(13)18-9-1-2-19(8-9)3-4-20/h5,7,9,20H,1-4,8H2,(H,17,18). The minimum atomic E-state index is 0.187. The van der Waals surface area contributed by atoms with Crippen LogP contribution in [0, 0.1) is 11.3 Å². The van der Waals surface area contributed by atoms with Gasteiger partial charge in [0, 0.05) is 37.1 Å². The number of nitriles is 1. The third-order valence-electron chi connectivity index (χ3n) is 3.66. The van der Waals surface area contributed by atoms with E-state index in [1.807, 2.05) is 6.07 Å². The van der Waals surface area contributed by atoms with Crippen molar-refractivity contribution in [3.05, 3.63) is 22.5 Å².